The van der Waals surface area contributed by atoms with Gasteiger partial charge in [-0.05, 0) is 37.0 Å². The third kappa shape index (κ3) is 3.21. The van der Waals surface area contributed by atoms with E-state index in [0.717, 1.165) is 12.8 Å². The fraction of sp³-hybridized carbons (Fsp3) is 0.471. The van der Waals surface area contributed by atoms with E-state index < -0.39 is 0 Å². The van der Waals surface area contributed by atoms with Gasteiger partial charge in [0.2, 0.25) is 17.7 Å². The molecule has 0 bridgehead atoms. The monoisotopic (exact) mass is 315 g/mol. The lowest BCUT2D eigenvalue weighted by molar-refractivity contribution is -0.154. The number of carbonyl (C=O) groups excluding carboxylic acids is 3. The molecule has 2 fully saturated rings. The molecule has 0 aliphatic carbocycles. The quantitative estimate of drug-likeness (QED) is 0.902. The molecule has 2 aliphatic rings. The average Bonchev–Trinajstić information content (AvgIpc) is 3.03. The molecule has 1 atom stereocenters. The zero-order valence-corrected chi connectivity index (χ0v) is 13.2. The van der Waals surface area contributed by atoms with Gasteiger partial charge in [0, 0.05) is 12.2 Å². The molecule has 1 aromatic rings. The normalized spacial score (nSPS) is 20.7. The van der Waals surface area contributed by atoms with Crippen molar-refractivity contribution in [1.82, 2.24) is 9.80 Å². The number of rotatable bonds is 4. The molecular weight excluding hydrogens is 294 g/mol. The van der Waals surface area contributed by atoms with E-state index in [-0.39, 0.29) is 36.9 Å². The third-order valence-electron chi connectivity index (χ3n) is 4.48. The van der Waals surface area contributed by atoms with Gasteiger partial charge < -0.3 is 15.1 Å². The molecule has 1 aromatic carbocycles. The standard InChI is InChI=1S/C17H21N3O3/c1-2-12-5-7-13(8-6-12)18-15(21)10-19-11-16(22)20-9-3-4-14(20)17(19)23/h5-8,14H,2-4,9-11H2,1H3,(H,18,21). The number of carbonyl (C=O) groups is 3. The summed E-state index contributed by atoms with van der Waals surface area (Å²) in [7, 11) is 0. The predicted molar refractivity (Wildman–Crippen MR) is 85.8 cm³/mol. The topological polar surface area (TPSA) is 69.7 Å². The molecule has 1 N–H and O–H groups in total. The van der Waals surface area contributed by atoms with Gasteiger partial charge in [0.25, 0.3) is 0 Å². The van der Waals surface area contributed by atoms with Crippen molar-refractivity contribution in [2.45, 2.75) is 32.2 Å². The van der Waals surface area contributed by atoms with Crippen molar-refractivity contribution in [3.05, 3.63) is 29.8 Å². The molecule has 122 valence electrons. The number of benzene rings is 1. The lowest BCUT2D eigenvalue weighted by Crippen LogP contribution is -2.58. The maximum atomic E-state index is 12.4. The zero-order valence-electron chi connectivity index (χ0n) is 13.2. The first kappa shape index (κ1) is 15.5. The highest BCUT2D eigenvalue weighted by Crippen LogP contribution is 2.23. The van der Waals surface area contributed by atoms with E-state index in [4.69, 9.17) is 0 Å². The number of anilines is 1. The molecule has 6 nitrogen and oxygen atoms in total. The van der Waals surface area contributed by atoms with Crippen LogP contribution in [-0.2, 0) is 20.8 Å². The Labute approximate surface area is 135 Å². The Bertz CT molecular complexity index is 626. The molecule has 3 amide bonds. The smallest absolute Gasteiger partial charge is 0.246 e. The summed E-state index contributed by atoms with van der Waals surface area (Å²) in [4.78, 5) is 39.6. The van der Waals surface area contributed by atoms with Gasteiger partial charge in [-0.25, -0.2) is 0 Å². The minimum absolute atomic E-state index is 0.00245. The van der Waals surface area contributed by atoms with Crippen molar-refractivity contribution < 1.29 is 14.4 Å². The Hall–Kier alpha value is -2.37. The van der Waals surface area contributed by atoms with Crippen molar-refractivity contribution in [3.63, 3.8) is 0 Å². The van der Waals surface area contributed by atoms with E-state index >= 15 is 0 Å². The fourth-order valence-electron chi connectivity index (χ4n) is 3.20. The van der Waals surface area contributed by atoms with Gasteiger partial charge in [-0.1, -0.05) is 19.1 Å². The summed E-state index contributed by atoms with van der Waals surface area (Å²) < 4.78 is 0. The highest BCUT2D eigenvalue weighted by molar-refractivity contribution is 6.00. The molecule has 2 saturated heterocycles. The van der Waals surface area contributed by atoms with Gasteiger partial charge in [0.05, 0.1) is 0 Å². The van der Waals surface area contributed by atoms with Gasteiger partial charge in [0.15, 0.2) is 0 Å². The number of piperazine rings is 1. The van der Waals surface area contributed by atoms with Crippen LogP contribution in [0, 0.1) is 0 Å². The maximum absolute atomic E-state index is 12.4. The van der Waals surface area contributed by atoms with Gasteiger partial charge in [0.1, 0.15) is 19.1 Å². The van der Waals surface area contributed by atoms with Crippen LogP contribution in [-0.4, -0.2) is 53.2 Å². The first-order valence-electron chi connectivity index (χ1n) is 8.05. The summed E-state index contributed by atoms with van der Waals surface area (Å²) in [5, 5.41) is 2.78. The van der Waals surface area contributed by atoms with Crippen molar-refractivity contribution in [2.75, 3.05) is 25.0 Å². The SMILES string of the molecule is CCc1ccc(NC(=O)CN2CC(=O)N3CCCC3C2=O)cc1. The molecule has 3 rings (SSSR count). The van der Waals surface area contributed by atoms with Crippen LogP contribution in [0.4, 0.5) is 5.69 Å². The first-order valence-corrected chi connectivity index (χ1v) is 8.05. The van der Waals surface area contributed by atoms with Crippen LogP contribution < -0.4 is 5.32 Å². The second-order valence-corrected chi connectivity index (χ2v) is 6.04. The van der Waals surface area contributed by atoms with E-state index in [1.807, 2.05) is 24.3 Å². The Kier molecular flexibility index (Phi) is 4.32. The number of fused-ring (bicyclic) bond motifs is 1. The number of aryl methyl sites for hydroxylation is 1. The molecule has 1 unspecified atom stereocenters. The summed E-state index contributed by atoms with van der Waals surface area (Å²) in [6.45, 7) is 2.64. The second kappa shape index (κ2) is 6.40. The van der Waals surface area contributed by atoms with Crippen LogP contribution in [0.5, 0.6) is 0 Å². The predicted octanol–water partition coefficient (Wildman–Crippen LogP) is 1.02. The summed E-state index contributed by atoms with van der Waals surface area (Å²) in [5.41, 5.74) is 1.90. The molecule has 0 saturated carbocycles. The van der Waals surface area contributed by atoms with E-state index in [1.165, 1.54) is 10.5 Å². The average molecular weight is 315 g/mol. The summed E-state index contributed by atoms with van der Waals surface area (Å²) in [6.07, 6.45) is 2.49. The van der Waals surface area contributed by atoms with Gasteiger partial charge in [-0.3, -0.25) is 14.4 Å². The Balaban J connectivity index is 1.60. The van der Waals surface area contributed by atoms with Crippen LogP contribution in [0.25, 0.3) is 0 Å². The highest BCUT2D eigenvalue weighted by atomic mass is 16.2. The van der Waals surface area contributed by atoms with Crippen LogP contribution in [0.2, 0.25) is 0 Å². The number of nitrogens with one attached hydrogen (secondary N) is 1. The molecular formula is C17H21N3O3. The molecule has 0 spiro atoms. The number of amides is 3. The van der Waals surface area contributed by atoms with E-state index in [0.29, 0.717) is 18.7 Å². The minimum Gasteiger partial charge on any atom is -0.329 e. The molecule has 2 heterocycles. The third-order valence-corrected chi connectivity index (χ3v) is 4.48. The van der Waals surface area contributed by atoms with Gasteiger partial charge >= 0.3 is 0 Å². The van der Waals surface area contributed by atoms with Crippen LogP contribution in [0.3, 0.4) is 0 Å². The Morgan fingerprint density at radius 2 is 2.00 bits per heavy atom. The van der Waals surface area contributed by atoms with E-state index in [1.54, 1.807) is 4.90 Å². The van der Waals surface area contributed by atoms with Crippen molar-refractivity contribution in [3.8, 4) is 0 Å². The van der Waals surface area contributed by atoms with Gasteiger partial charge in [-0.15, -0.1) is 0 Å². The van der Waals surface area contributed by atoms with Gasteiger partial charge in [-0.2, -0.15) is 0 Å². The molecule has 2 aliphatic heterocycles. The minimum atomic E-state index is -0.368. The first-order chi connectivity index (χ1) is 11.1. The summed E-state index contributed by atoms with van der Waals surface area (Å²) in [6, 6.07) is 7.24. The number of hydrogen-bond donors (Lipinski definition) is 1. The molecule has 23 heavy (non-hydrogen) atoms. The van der Waals surface area contributed by atoms with Crippen molar-refractivity contribution >= 4 is 23.4 Å². The lowest BCUT2D eigenvalue weighted by atomic mass is 10.1. The summed E-state index contributed by atoms with van der Waals surface area (Å²) >= 11 is 0. The Morgan fingerprint density at radius 3 is 2.70 bits per heavy atom. The summed E-state index contributed by atoms with van der Waals surface area (Å²) in [5.74, 6) is -0.451. The van der Waals surface area contributed by atoms with Crippen molar-refractivity contribution in [2.24, 2.45) is 0 Å². The zero-order chi connectivity index (χ0) is 16.4. The second-order valence-electron chi connectivity index (χ2n) is 6.04. The van der Waals surface area contributed by atoms with E-state index in [2.05, 4.69) is 12.2 Å². The largest absolute Gasteiger partial charge is 0.329 e. The maximum Gasteiger partial charge on any atom is 0.246 e. The van der Waals surface area contributed by atoms with Crippen LogP contribution in [0.1, 0.15) is 25.3 Å². The highest BCUT2D eigenvalue weighted by Gasteiger charge is 2.42. The molecule has 0 radical (unpaired) electrons. The number of hydrogen-bond acceptors (Lipinski definition) is 3. The molecule has 0 aromatic heterocycles. The van der Waals surface area contributed by atoms with Crippen LogP contribution >= 0.6 is 0 Å². The fourth-order valence-corrected chi connectivity index (χ4v) is 3.20. The molecule has 6 heteroatoms. The number of nitrogens with zero attached hydrogens (tertiary/aromatic N) is 2. The van der Waals surface area contributed by atoms with Crippen LogP contribution in [0.15, 0.2) is 24.3 Å². The Morgan fingerprint density at radius 1 is 1.26 bits per heavy atom. The van der Waals surface area contributed by atoms with Crippen molar-refractivity contribution in [1.29, 1.82) is 0 Å². The van der Waals surface area contributed by atoms with E-state index in [9.17, 15) is 14.4 Å². The lowest BCUT2D eigenvalue weighted by Gasteiger charge is -2.35.